The average molecular weight is 124 g/mol. The molecule has 1 N–H and O–H groups in total. The van der Waals surface area contributed by atoms with Crippen LogP contribution in [-0.4, -0.2) is 17.6 Å². The van der Waals surface area contributed by atoms with E-state index in [1.54, 1.807) is 6.08 Å². The van der Waals surface area contributed by atoms with E-state index in [0.29, 0.717) is 13.0 Å². The normalized spacial score (nSPS) is 18.9. The van der Waals surface area contributed by atoms with Crippen molar-refractivity contribution < 1.29 is 9.90 Å². The first-order valence-corrected chi connectivity index (χ1v) is 2.66. The molecule has 1 aliphatic heterocycles. The van der Waals surface area contributed by atoms with Crippen LogP contribution in [0.4, 0.5) is 0 Å². The number of carbonyl (C=O) groups is 1. The van der Waals surface area contributed by atoms with Crippen LogP contribution >= 0.6 is 0 Å². The van der Waals surface area contributed by atoms with Crippen LogP contribution in [0.5, 0.6) is 0 Å². The van der Waals surface area contributed by atoms with E-state index < -0.39 is 5.97 Å². The van der Waals surface area contributed by atoms with Gasteiger partial charge in [0.05, 0.1) is 5.57 Å². The second kappa shape index (κ2) is 2.64. The van der Waals surface area contributed by atoms with E-state index in [2.05, 4.69) is 11.9 Å². The van der Waals surface area contributed by atoms with Gasteiger partial charge in [0.2, 0.25) is 0 Å². The summed E-state index contributed by atoms with van der Waals surface area (Å²) in [4.78, 5) is 10.2. The molecule has 47 valence electrons. The van der Waals surface area contributed by atoms with Crippen molar-refractivity contribution in [3.05, 3.63) is 18.2 Å². The molecule has 0 aromatic carbocycles. The summed E-state index contributed by atoms with van der Waals surface area (Å²) < 4.78 is 0. The number of aliphatic carboxylic acids is 1. The molecule has 0 atom stereocenters. The van der Waals surface area contributed by atoms with Crippen molar-refractivity contribution in [2.24, 2.45) is 0 Å². The van der Waals surface area contributed by atoms with Crippen molar-refractivity contribution in [3.63, 3.8) is 0 Å². The number of nitrogens with zero attached hydrogens (tertiary/aromatic N) is 1. The van der Waals surface area contributed by atoms with Crippen molar-refractivity contribution in [3.8, 4) is 0 Å². The highest BCUT2D eigenvalue weighted by atomic mass is 16.4. The topological polar surface area (TPSA) is 51.4 Å². The van der Waals surface area contributed by atoms with Gasteiger partial charge in [-0.1, -0.05) is 6.08 Å². The molecule has 0 aromatic heterocycles. The van der Waals surface area contributed by atoms with Crippen LogP contribution < -0.4 is 5.32 Å². The third-order valence-corrected chi connectivity index (χ3v) is 1.02. The largest absolute Gasteiger partial charge is 0.478 e. The molecule has 0 fully saturated rings. The fourth-order valence-corrected chi connectivity index (χ4v) is 0.595. The second-order valence-corrected chi connectivity index (χ2v) is 1.71. The van der Waals surface area contributed by atoms with E-state index in [1.165, 1.54) is 0 Å². The predicted molar refractivity (Wildman–Crippen MR) is 30.6 cm³/mol. The Morgan fingerprint density at radius 2 is 2.67 bits per heavy atom. The number of hydrogen-bond donors (Lipinski definition) is 1. The third kappa shape index (κ3) is 1.54. The maximum Gasteiger partial charge on any atom is 0.333 e. The zero-order valence-corrected chi connectivity index (χ0v) is 4.79. The Morgan fingerprint density at radius 3 is 3.00 bits per heavy atom. The summed E-state index contributed by atoms with van der Waals surface area (Å²) in [6.45, 7) is 3.07. The van der Waals surface area contributed by atoms with E-state index in [1.807, 2.05) is 0 Å². The Hall–Kier alpha value is -0.830. The van der Waals surface area contributed by atoms with Gasteiger partial charge in [-0.3, -0.25) is 0 Å². The molecule has 0 amide bonds. The lowest BCUT2D eigenvalue weighted by Crippen LogP contribution is -2.15. The minimum absolute atomic E-state index is 0.182. The minimum Gasteiger partial charge on any atom is -0.478 e. The molecule has 0 aromatic rings. The maximum atomic E-state index is 10.2. The highest BCUT2D eigenvalue weighted by Crippen LogP contribution is 2.05. The average Bonchev–Trinajstić information content (AvgIpc) is 1.90. The van der Waals surface area contributed by atoms with Crippen LogP contribution in [0, 0.1) is 6.54 Å². The second-order valence-electron chi connectivity index (χ2n) is 1.71. The highest BCUT2D eigenvalue weighted by molar-refractivity contribution is 5.88. The number of carboxylic acid groups (broad SMARTS) is 1. The van der Waals surface area contributed by atoms with Crippen molar-refractivity contribution in [2.75, 3.05) is 6.54 Å². The summed E-state index contributed by atoms with van der Waals surface area (Å²) in [5.41, 5.74) is 0.182. The smallest absolute Gasteiger partial charge is 0.333 e. The molecule has 0 unspecified atom stereocenters. The van der Waals surface area contributed by atoms with Gasteiger partial charge in [0.25, 0.3) is 0 Å². The Morgan fingerprint density at radius 1 is 1.89 bits per heavy atom. The molecular formula is C6H6NO2. The molecule has 1 aliphatic rings. The molecule has 9 heavy (non-hydrogen) atoms. The summed E-state index contributed by atoms with van der Waals surface area (Å²) in [5.74, 6) is -0.946. The van der Waals surface area contributed by atoms with Gasteiger partial charge in [-0.15, -0.1) is 0 Å². The lowest BCUT2D eigenvalue weighted by molar-refractivity contribution is -0.132. The van der Waals surface area contributed by atoms with Crippen LogP contribution in [0.15, 0.2) is 11.6 Å². The molecule has 3 heteroatoms. The maximum absolute atomic E-state index is 10.2. The van der Waals surface area contributed by atoms with Gasteiger partial charge >= 0.3 is 5.97 Å². The molecule has 1 heterocycles. The first-order valence-electron chi connectivity index (χ1n) is 2.66. The van der Waals surface area contributed by atoms with Crippen molar-refractivity contribution in [1.82, 2.24) is 5.32 Å². The Kier molecular flexibility index (Phi) is 1.85. The van der Waals surface area contributed by atoms with Crippen LogP contribution in [0.1, 0.15) is 6.42 Å². The number of rotatable bonds is 1. The fourth-order valence-electron chi connectivity index (χ4n) is 0.595. The van der Waals surface area contributed by atoms with Gasteiger partial charge in [0.1, 0.15) is 6.54 Å². The Balaban J connectivity index is 2.57. The lowest BCUT2D eigenvalue weighted by Gasteiger charge is -2.05. The fraction of sp³-hybridized carbons (Fsp3) is 0.333. The van der Waals surface area contributed by atoms with Crippen LogP contribution in [0.25, 0.3) is 0 Å². The van der Waals surface area contributed by atoms with Gasteiger partial charge in [-0.2, -0.15) is 0 Å². The lowest BCUT2D eigenvalue weighted by atomic mass is 10.1. The Bertz CT molecular complexity index is 151. The summed E-state index contributed by atoms with van der Waals surface area (Å²) in [6.07, 6.45) is 2.34. The zero-order valence-electron chi connectivity index (χ0n) is 4.79. The van der Waals surface area contributed by atoms with Crippen LogP contribution in [0.3, 0.4) is 0 Å². The van der Waals surface area contributed by atoms with Gasteiger partial charge < -0.3 is 5.11 Å². The van der Waals surface area contributed by atoms with Crippen LogP contribution in [0.2, 0.25) is 0 Å². The van der Waals surface area contributed by atoms with E-state index >= 15 is 0 Å². The number of hydrogen-bond acceptors (Lipinski definition) is 1. The molecule has 0 saturated carbocycles. The molecule has 0 spiro atoms. The SMILES string of the molecule is O=C(O)C1=CCC[N][C]1. The first kappa shape index (κ1) is 6.29. The summed E-state index contributed by atoms with van der Waals surface area (Å²) in [5, 5.41) is 12.0. The summed E-state index contributed by atoms with van der Waals surface area (Å²) in [7, 11) is 0. The van der Waals surface area contributed by atoms with Gasteiger partial charge in [-0.05, 0) is 6.42 Å². The third-order valence-electron chi connectivity index (χ3n) is 1.02. The van der Waals surface area contributed by atoms with E-state index in [4.69, 9.17) is 5.11 Å². The number of carboxylic acids is 1. The van der Waals surface area contributed by atoms with E-state index in [9.17, 15) is 4.79 Å². The quantitative estimate of drug-likeness (QED) is 0.536. The van der Waals surface area contributed by atoms with E-state index in [-0.39, 0.29) is 5.57 Å². The molecule has 3 nitrogen and oxygen atoms in total. The molecular weight excluding hydrogens is 118 g/mol. The van der Waals surface area contributed by atoms with Gasteiger partial charge in [0, 0.05) is 6.54 Å². The zero-order chi connectivity index (χ0) is 6.69. The highest BCUT2D eigenvalue weighted by Gasteiger charge is 2.10. The van der Waals surface area contributed by atoms with Gasteiger partial charge in [0.15, 0.2) is 0 Å². The first-order chi connectivity index (χ1) is 4.30. The van der Waals surface area contributed by atoms with Crippen molar-refractivity contribution in [1.29, 1.82) is 0 Å². The van der Waals surface area contributed by atoms with Crippen molar-refractivity contribution >= 4 is 5.97 Å². The summed E-state index contributed by atoms with van der Waals surface area (Å²) in [6, 6.07) is 0. The Labute approximate surface area is 53.4 Å². The molecule has 0 saturated heterocycles. The van der Waals surface area contributed by atoms with E-state index in [0.717, 1.165) is 0 Å². The van der Waals surface area contributed by atoms with Gasteiger partial charge in [-0.25, -0.2) is 10.1 Å². The minimum atomic E-state index is -0.946. The van der Waals surface area contributed by atoms with Crippen LogP contribution in [-0.2, 0) is 4.79 Å². The molecule has 1 rings (SSSR count). The standard InChI is InChI=1S/C6H6NO2/c8-6(9)5-2-1-3-7-4-5/h2H,1,3H2,(H,8,9). The summed E-state index contributed by atoms with van der Waals surface area (Å²) >= 11 is 0. The molecule has 0 bridgehead atoms. The molecule has 3 radical (unpaired) electrons. The monoisotopic (exact) mass is 124 g/mol. The predicted octanol–water partition coefficient (Wildman–Crippen LogP) is 0.0443. The van der Waals surface area contributed by atoms with Crippen molar-refractivity contribution in [2.45, 2.75) is 6.42 Å². The molecule has 0 aliphatic carbocycles.